The Bertz CT molecular complexity index is 1050. The van der Waals surface area contributed by atoms with Crippen LogP contribution in [-0.4, -0.2) is 6.18 Å². The molecule has 0 N–H and O–H groups in total. The third kappa shape index (κ3) is 6.95. The maximum atomic E-state index is 14.9. The molecule has 0 atom stereocenters. The molecule has 36 heavy (non-hydrogen) atoms. The van der Waals surface area contributed by atoms with E-state index >= 15 is 0 Å². The molecule has 0 radical (unpaired) electrons. The zero-order valence-electron chi connectivity index (χ0n) is 20.7. The molecule has 2 fully saturated rings. The summed E-state index contributed by atoms with van der Waals surface area (Å²) in [5.41, 5.74) is 2.99. The predicted octanol–water partition coefficient (Wildman–Crippen LogP) is 9.73. The molecular weight excluding hydrogens is 474 g/mol. The van der Waals surface area contributed by atoms with Gasteiger partial charge in [-0.25, -0.2) is 13.2 Å². The summed E-state index contributed by atoms with van der Waals surface area (Å²) in [4.78, 5) is 0. The molecule has 0 nitrogen and oxygen atoms in total. The fourth-order valence-corrected chi connectivity index (χ4v) is 5.90. The van der Waals surface area contributed by atoms with E-state index in [9.17, 15) is 26.3 Å². The van der Waals surface area contributed by atoms with Crippen LogP contribution in [0.3, 0.4) is 0 Å². The number of benzene rings is 2. The van der Waals surface area contributed by atoms with Crippen molar-refractivity contribution in [2.75, 3.05) is 0 Å². The molecule has 0 bridgehead atoms. The molecule has 4 rings (SSSR count). The molecule has 2 aromatic rings. The lowest BCUT2D eigenvalue weighted by atomic mass is 9.77. The second kappa shape index (κ2) is 11.4. The van der Waals surface area contributed by atoms with Gasteiger partial charge in [0.15, 0.2) is 0 Å². The molecule has 0 unspecified atom stereocenters. The monoisotopic (exact) mass is 508 g/mol. The summed E-state index contributed by atoms with van der Waals surface area (Å²) in [5, 5.41) is 0. The second-order valence-corrected chi connectivity index (χ2v) is 10.8. The quantitative estimate of drug-likeness (QED) is 0.341. The third-order valence-electron chi connectivity index (χ3n) is 8.17. The average Bonchev–Trinajstić information content (AvgIpc) is 2.83. The van der Waals surface area contributed by atoms with Gasteiger partial charge in [-0.05, 0) is 104 Å². The van der Waals surface area contributed by atoms with Gasteiger partial charge in [0, 0.05) is 5.92 Å². The first-order valence-electron chi connectivity index (χ1n) is 13.1. The van der Waals surface area contributed by atoms with E-state index in [2.05, 4.69) is 6.92 Å². The minimum Gasteiger partial charge on any atom is -0.212 e. The van der Waals surface area contributed by atoms with Crippen LogP contribution >= 0.6 is 0 Å². The smallest absolute Gasteiger partial charge is 0.212 e. The third-order valence-corrected chi connectivity index (χ3v) is 8.17. The van der Waals surface area contributed by atoms with Crippen molar-refractivity contribution in [3.8, 4) is 0 Å². The first-order chi connectivity index (χ1) is 17.1. The Balaban J connectivity index is 1.32. The van der Waals surface area contributed by atoms with Gasteiger partial charge in [0.25, 0.3) is 0 Å². The van der Waals surface area contributed by atoms with E-state index in [0.717, 1.165) is 29.9 Å². The molecule has 0 heterocycles. The Morgan fingerprint density at radius 2 is 1.47 bits per heavy atom. The highest BCUT2D eigenvalue weighted by atomic mass is 19.4. The minimum atomic E-state index is -4.66. The standard InChI is InChI=1S/C30H34F6/c1-19-2-6-21(7-3-19)25-14-13-23(27(31)17-25)8-4-20-5-15-26(28(32)16-20)22-9-11-24(12-10-22)29(33)18-30(34,35)36/h5,13-19,21-22,24H,2-4,6-12H2,1H3/b29-18-. The van der Waals surface area contributed by atoms with Crippen LogP contribution in [0.25, 0.3) is 0 Å². The number of halogens is 6. The van der Waals surface area contributed by atoms with E-state index in [1.807, 2.05) is 18.2 Å². The van der Waals surface area contributed by atoms with Crippen molar-refractivity contribution in [3.63, 3.8) is 0 Å². The second-order valence-electron chi connectivity index (χ2n) is 10.8. The first kappa shape index (κ1) is 26.8. The number of rotatable bonds is 6. The van der Waals surface area contributed by atoms with E-state index < -0.39 is 17.9 Å². The molecule has 0 aliphatic heterocycles. The Morgan fingerprint density at radius 3 is 2.08 bits per heavy atom. The maximum absolute atomic E-state index is 14.9. The van der Waals surface area contributed by atoms with E-state index in [1.54, 1.807) is 12.1 Å². The largest absolute Gasteiger partial charge is 0.412 e. The molecule has 2 aromatic carbocycles. The average molecular weight is 509 g/mol. The Kier molecular flexibility index (Phi) is 8.52. The Labute approximate surface area is 209 Å². The molecule has 196 valence electrons. The van der Waals surface area contributed by atoms with Crippen LogP contribution in [0, 0.1) is 23.5 Å². The van der Waals surface area contributed by atoms with Gasteiger partial charge in [0.2, 0.25) is 0 Å². The van der Waals surface area contributed by atoms with Gasteiger partial charge >= 0.3 is 6.18 Å². The van der Waals surface area contributed by atoms with Crippen LogP contribution in [0.1, 0.15) is 92.4 Å². The minimum absolute atomic E-state index is 0.137. The van der Waals surface area contributed by atoms with Gasteiger partial charge in [-0.2, -0.15) is 13.2 Å². The van der Waals surface area contributed by atoms with Crippen molar-refractivity contribution in [1.82, 2.24) is 0 Å². The molecule has 0 aromatic heterocycles. The normalized spacial score (nSPS) is 25.7. The number of hydrogen-bond donors (Lipinski definition) is 0. The number of alkyl halides is 3. The van der Waals surface area contributed by atoms with Crippen LogP contribution in [-0.2, 0) is 12.8 Å². The lowest BCUT2D eigenvalue weighted by Crippen LogP contribution is -2.16. The molecule has 0 saturated heterocycles. The van der Waals surface area contributed by atoms with Gasteiger partial charge in [-0.3, -0.25) is 0 Å². The van der Waals surface area contributed by atoms with Gasteiger partial charge < -0.3 is 0 Å². The van der Waals surface area contributed by atoms with Gasteiger partial charge in [-0.15, -0.1) is 0 Å². The number of hydrogen-bond acceptors (Lipinski definition) is 0. The van der Waals surface area contributed by atoms with Gasteiger partial charge in [0.05, 0.1) is 6.08 Å². The lowest BCUT2D eigenvalue weighted by Gasteiger charge is -2.28. The molecule has 2 aliphatic rings. The highest BCUT2D eigenvalue weighted by molar-refractivity contribution is 5.31. The predicted molar refractivity (Wildman–Crippen MR) is 131 cm³/mol. The van der Waals surface area contributed by atoms with Crippen molar-refractivity contribution in [2.24, 2.45) is 11.8 Å². The van der Waals surface area contributed by atoms with E-state index in [1.165, 1.54) is 18.9 Å². The fraction of sp³-hybridized carbons (Fsp3) is 0.533. The summed E-state index contributed by atoms with van der Waals surface area (Å²) in [7, 11) is 0. The van der Waals surface area contributed by atoms with Gasteiger partial charge in [0.1, 0.15) is 17.5 Å². The summed E-state index contributed by atoms with van der Waals surface area (Å²) in [6.07, 6.45) is 2.04. The highest BCUT2D eigenvalue weighted by Gasteiger charge is 2.31. The Hall–Kier alpha value is -2.24. The Morgan fingerprint density at radius 1 is 0.806 bits per heavy atom. The van der Waals surface area contributed by atoms with Crippen LogP contribution in [0.15, 0.2) is 48.3 Å². The van der Waals surface area contributed by atoms with E-state index in [-0.39, 0.29) is 36.5 Å². The molecule has 6 heteroatoms. The van der Waals surface area contributed by atoms with Crippen LogP contribution in [0.4, 0.5) is 26.3 Å². The summed E-state index contributed by atoms with van der Waals surface area (Å²) in [6.45, 7) is 2.27. The SMILES string of the molecule is CC1CCC(c2ccc(CCc3ccc(C4CCC(/C(F)=C/C(F)(F)F)CC4)c(F)c3)c(F)c2)CC1. The maximum Gasteiger partial charge on any atom is 0.412 e. The molecular formula is C30H34F6. The summed E-state index contributed by atoms with van der Waals surface area (Å²) < 4.78 is 80.8. The lowest BCUT2D eigenvalue weighted by molar-refractivity contribution is -0.0820. The molecule has 0 spiro atoms. The topological polar surface area (TPSA) is 0 Å². The van der Waals surface area contributed by atoms with E-state index in [0.29, 0.717) is 42.7 Å². The molecule has 2 saturated carbocycles. The first-order valence-corrected chi connectivity index (χ1v) is 13.1. The summed E-state index contributed by atoms with van der Waals surface area (Å²) in [6, 6.07) is 10.6. The number of allylic oxidation sites excluding steroid dienone is 2. The fourth-order valence-electron chi connectivity index (χ4n) is 5.90. The van der Waals surface area contributed by atoms with Crippen molar-refractivity contribution < 1.29 is 26.3 Å². The van der Waals surface area contributed by atoms with Crippen molar-refractivity contribution in [2.45, 2.75) is 89.1 Å². The summed E-state index contributed by atoms with van der Waals surface area (Å²) in [5.74, 6) is -1.41. The van der Waals surface area contributed by atoms with Crippen LogP contribution in [0.2, 0.25) is 0 Å². The van der Waals surface area contributed by atoms with Crippen molar-refractivity contribution >= 4 is 0 Å². The van der Waals surface area contributed by atoms with Crippen LogP contribution < -0.4 is 0 Å². The summed E-state index contributed by atoms with van der Waals surface area (Å²) >= 11 is 0. The zero-order valence-corrected chi connectivity index (χ0v) is 20.7. The van der Waals surface area contributed by atoms with E-state index in [4.69, 9.17) is 0 Å². The molecule has 2 aliphatic carbocycles. The zero-order chi connectivity index (χ0) is 25.9. The van der Waals surface area contributed by atoms with Crippen molar-refractivity contribution in [3.05, 3.63) is 82.2 Å². The highest BCUT2D eigenvalue weighted by Crippen LogP contribution is 2.41. The van der Waals surface area contributed by atoms with Crippen molar-refractivity contribution in [1.29, 1.82) is 0 Å². The van der Waals surface area contributed by atoms with Gasteiger partial charge in [-0.1, -0.05) is 44.0 Å². The van der Waals surface area contributed by atoms with Crippen LogP contribution in [0.5, 0.6) is 0 Å². The number of aryl methyl sites for hydroxylation is 2. The molecule has 0 amide bonds.